The Balaban J connectivity index is 4.78. The molecule has 1 amide bonds. The summed E-state index contributed by atoms with van der Waals surface area (Å²) in [6, 6.07) is -0.110. The van der Waals surface area contributed by atoms with Crippen molar-refractivity contribution >= 4 is 11.7 Å². The average molecular weight is 259 g/mol. The van der Waals surface area contributed by atoms with Gasteiger partial charge >= 0.3 is 0 Å². The second-order valence-corrected chi connectivity index (χ2v) is 4.31. The predicted octanol–water partition coefficient (Wildman–Crippen LogP) is 1.08. The summed E-state index contributed by atoms with van der Waals surface area (Å²) in [6.07, 6.45) is 0.958. The Labute approximate surface area is 109 Å². The van der Waals surface area contributed by atoms with E-state index in [1.165, 1.54) is 0 Å². The minimum Gasteiger partial charge on any atom is -0.409 e. The van der Waals surface area contributed by atoms with Crippen LogP contribution in [0, 0.1) is 5.41 Å². The first-order chi connectivity index (χ1) is 8.48. The van der Waals surface area contributed by atoms with E-state index in [0.29, 0.717) is 26.1 Å². The summed E-state index contributed by atoms with van der Waals surface area (Å²) in [7, 11) is 0. The molecule has 18 heavy (non-hydrogen) atoms. The van der Waals surface area contributed by atoms with Crippen molar-refractivity contribution in [3.63, 3.8) is 0 Å². The highest BCUT2D eigenvalue weighted by Crippen LogP contribution is 2.27. The van der Waals surface area contributed by atoms with Gasteiger partial charge in [0.15, 0.2) is 5.84 Å². The maximum Gasteiger partial charge on any atom is 0.234 e. The molecule has 1 atom stereocenters. The van der Waals surface area contributed by atoms with Gasteiger partial charge in [-0.25, -0.2) is 0 Å². The van der Waals surface area contributed by atoms with Gasteiger partial charge in [-0.1, -0.05) is 19.0 Å². The summed E-state index contributed by atoms with van der Waals surface area (Å²) in [6.45, 7) is 8.49. The third-order valence-corrected chi connectivity index (χ3v) is 3.19. The largest absolute Gasteiger partial charge is 0.409 e. The van der Waals surface area contributed by atoms with Gasteiger partial charge in [0.1, 0.15) is 5.41 Å². The van der Waals surface area contributed by atoms with Crippen molar-refractivity contribution in [3.05, 3.63) is 0 Å². The first-order valence-corrected chi connectivity index (χ1v) is 6.35. The average Bonchev–Trinajstić information content (AvgIpc) is 2.37. The van der Waals surface area contributed by atoms with E-state index in [1.54, 1.807) is 0 Å². The van der Waals surface area contributed by atoms with Crippen LogP contribution < -0.4 is 11.1 Å². The second kappa shape index (κ2) is 7.92. The maximum atomic E-state index is 12.3. The summed E-state index contributed by atoms with van der Waals surface area (Å²) in [5.74, 6) is -0.274. The monoisotopic (exact) mass is 259 g/mol. The number of hydrogen-bond acceptors (Lipinski definition) is 4. The zero-order valence-corrected chi connectivity index (χ0v) is 11.7. The Kier molecular flexibility index (Phi) is 7.35. The molecule has 0 heterocycles. The van der Waals surface area contributed by atoms with Gasteiger partial charge in [-0.3, -0.25) is 4.79 Å². The molecule has 6 heteroatoms. The normalized spacial score (nSPS) is 14.3. The first-order valence-electron chi connectivity index (χ1n) is 6.35. The van der Waals surface area contributed by atoms with Crippen LogP contribution in [0.2, 0.25) is 0 Å². The van der Waals surface area contributed by atoms with Crippen molar-refractivity contribution in [2.45, 2.75) is 46.6 Å². The SMILES string of the molecule is CCOCC(C)NC(=O)C(CC)(CC)C(N)=NO. The molecule has 6 nitrogen and oxygen atoms in total. The maximum absolute atomic E-state index is 12.3. The highest BCUT2D eigenvalue weighted by Gasteiger charge is 2.40. The number of carbonyl (C=O) groups is 1. The second-order valence-electron chi connectivity index (χ2n) is 4.31. The van der Waals surface area contributed by atoms with Crippen LogP contribution in [0.5, 0.6) is 0 Å². The number of rotatable bonds is 8. The van der Waals surface area contributed by atoms with Gasteiger partial charge < -0.3 is 21.0 Å². The van der Waals surface area contributed by atoms with E-state index in [-0.39, 0.29) is 17.8 Å². The van der Waals surface area contributed by atoms with Gasteiger partial charge in [0, 0.05) is 12.6 Å². The molecule has 0 aromatic heterocycles. The van der Waals surface area contributed by atoms with Crippen molar-refractivity contribution < 1.29 is 14.7 Å². The minimum absolute atomic E-state index is 0.0476. The molecule has 0 rings (SSSR count). The summed E-state index contributed by atoms with van der Waals surface area (Å²) in [4.78, 5) is 12.3. The zero-order valence-electron chi connectivity index (χ0n) is 11.7. The standard InChI is InChI=1S/C12H25N3O3/c1-5-12(6-2,10(13)15-17)11(16)14-9(4)8-18-7-3/h9,17H,5-8H2,1-4H3,(H2,13,15)(H,14,16). The molecule has 1 unspecified atom stereocenters. The van der Waals surface area contributed by atoms with E-state index in [1.807, 2.05) is 27.7 Å². The van der Waals surface area contributed by atoms with Crippen molar-refractivity contribution in [1.29, 1.82) is 0 Å². The fourth-order valence-corrected chi connectivity index (χ4v) is 1.84. The lowest BCUT2D eigenvalue weighted by molar-refractivity contribution is -0.129. The molecule has 0 fully saturated rings. The molecule has 0 saturated carbocycles. The molecule has 0 aliphatic heterocycles. The number of oxime groups is 1. The van der Waals surface area contributed by atoms with Gasteiger partial charge in [-0.2, -0.15) is 0 Å². The lowest BCUT2D eigenvalue weighted by Gasteiger charge is -2.30. The number of nitrogens with one attached hydrogen (secondary N) is 1. The number of nitrogens with zero attached hydrogens (tertiary/aromatic N) is 1. The quantitative estimate of drug-likeness (QED) is 0.263. The van der Waals surface area contributed by atoms with E-state index in [4.69, 9.17) is 15.7 Å². The van der Waals surface area contributed by atoms with Crippen molar-refractivity contribution in [1.82, 2.24) is 5.32 Å². The van der Waals surface area contributed by atoms with Crippen molar-refractivity contribution in [2.24, 2.45) is 16.3 Å². The van der Waals surface area contributed by atoms with Crippen LogP contribution in [0.15, 0.2) is 5.16 Å². The van der Waals surface area contributed by atoms with Crippen LogP contribution in [0.25, 0.3) is 0 Å². The van der Waals surface area contributed by atoms with Crippen molar-refractivity contribution in [3.8, 4) is 0 Å². The topological polar surface area (TPSA) is 96.9 Å². The number of amides is 1. The smallest absolute Gasteiger partial charge is 0.234 e. The molecular formula is C12H25N3O3. The Morgan fingerprint density at radius 2 is 2.00 bits per heavy atom. The van der Waals surface area contributed by atoms with Crippen LogP contribution >= 0.6 is 0 Å². The fourth-order valence-electron chi connectivity index (χ4n) is 1.84. The van der Waals surface area contributed by atoms with Gasteiger partial charge in [0.25, 0.3) is 0 Å². The van der Waals surface area contributed by atoms with Crippen LogP contribution in [-0.2, 0) is 9.53 Å². The Hall–Kier alpha value is -1.30. The van der Waals surface area contributed by atoms with E-state index < -0.39 is 5.41 Å². The van der Waals surface area contributed by atoms with E-state index in [2.05, 4.69) is 10.5 Å². The zero-order chi connectivity index (χ0) is 14.2. The number of hydrogen-bond donors (Lipinski definition) is 3. The van der Waals surface area contributed by atoms with Crippen molar-refractivity contribution in [2.75, 3.05) is 13.2 Å². The van der Waals surface area contributed by atoms with Crippen LogP contribution in [0.1, 0.15) is 40.5 Å². The molecule has 0 aliphatic rings. The summed E-state index contributed by atoms with van der Waals surface area (Å²) in [5.41, 5.74) is 4.71. The van der Waals surface area contributed by atoms with Crippen LogP contribution in [-0.4, -0.2) is 36.2 Å². The van der Waals surface area contributed by atoms with Crippen LogP contribution in [0.4, 0.5) is 0 Å². The molecule has 0 aliphatic carbocycles. The molecule has 0 saturated heterocycles. The Bertz CT molecular complexity index is 288. The molecular weight excluding hydrogens is 234 g/mol. The van der Waals surface area contributed by atoms with Gasteiger partial charge in [-0.05, 0) is 26.7 Å². The highest BCUT2D eigenvalue weighted by molar-refractivity contribution is 6.06. The molecule has 4 N–H and O–H groups in total. The minimum atomic E-state index is -0.949. The first kappa shape index (κ1) is 16.7. The molecule has 0 radical (unpaired) electrons. The fraction of sp³-hybridized carbons (Fsp3) is 0.833. The number of carbonyl (C=O) groups excluding carboxylic acids is 1. The lowest BCUT2D eigenvalue weighted by Crippen LogP contribution is -2.52. The lowest BCUT2D eigenvalue weighted by atomic mass is 9.80. The predicted molar refractivity (Wildman–Crippen MR) is 70.5 cm³/mol. The molecule has 0 spiro atoms. The molecule has 0 aromatic rings. The summed E-state index contributed by atoms with van der Waals surface area (Å²) >= 11 is 0. The number of amidine groups is 1. The van der Waals surface area contributed by atoms with Gasteiger partial charge in [-0.15, -0.1) is 0 Å². The van der Waals surface area contributed by atoms with Gasteiger partial charge in [0.2, 0.25) is 5.91 Å². The third kappa shape index (κ3) is 3.87. The number of nitrogens with two attached hydrogens (primary N) is 1. The third-order valence-electron chi connectivity index (χ3n) is 3.19. The summed E-state index contributed by atoms with van der Waals surface area (Å²) < 4.78 is 5.24. The Morgan fingerprint density at radius 1 is 1.44 bits per heavy atom. The number of ether oxygens (including phenoxy) is 1. The van der Waals surface area contributed by atoms with Gasteiger partial charge in [0.05, 0.1) is 6.61 Å². The van der Waals surface area contributed by atoms with E-state index >= 15 is 0 Å². The van der Waals surface area contributed by atoms with E-state index in [0.717, 1.165) is 0 Å². The molecule has 0 aromatic carbocycles. The highest BCUT2D eigenvalue weighted by atomic mass is 16.5. The molecule has 106 valence electrons. The van der Waals surface area contributed by atoms with E-state index in [9.17, 15) is 4.79 Å². The Morgan fingerprint density at radius 3 is 2.39 bits per heavy atom. The van der Waals surface area contributed by atoms with Crippen LogP contribution in [0.3, 0.4) is 0 Å². The summed E-state index contributed by atoms with van der Waals surface area (Å²) in [5, 5.41) is 14.6. The molecule has 0 bridgehead atoms.